The van der Waals surface area contributed by atoms with Gasteiger partial charge < -0.3 is 15.2 Å². The summed E-state index contributed by atoms with van der Waals surface area (Å²) in [5.41, 5.74) is -1.13. The lowest BCUT2D eigenvalue weighted by atomic mass is 9.99. The molecular weight excluding hydrogens is 309 g/mol. The highest BCUT2D eigenvalue weighted by atomic mass is 32.2. The summed E-state index contributed by atoms with van der Waals surface area (Å²) < 4.78 is 18.3. The Hall–Kier alpha value is -1.76. The van der Waals surface area contributed by atoms with E-state index in [0.29, 0.717) is 24.3 Å². The number of benzene rings is 1. The molecule has 0 radical (unpaired) electrons. The molecule has 2 N–H and O–H groups in total. The highest BCUT2D eigenvalue weighted by Crippen LogP contribution is 2.28. The van der Waals surface area contributed by atoms with Gasteiger partial charge in [-0.05, 0) is 30.7 Å². The third-order valence-electron chi connectivity index (χ3n) is 3.42. The third-order valence-corrected chi connectivity index (χ3v) is 4.61. The number of aliphatic carboxylic acids is 1. The first-order valence-electron chi connectivity index (χ1n) is 7.02. The molecule has 120 valence electrons. The Labute approximate surface area is 132 Å². The number of halogens is 1. The van der Waals surface area contributed by atoms with E-state index in [1.54, 1.807) is 12.1 Å². The van der Waals surface area contributed by atoms with Gasteiger partial charge >= 0.3 is 5.97 Å². The summed E-state index contributed by atoms with van der Waals surface area (Å²) in [6, 6.07) is 5.78. The van der Waals surface area contributed by atoms with E-state index in [9.17, 15) is 19.1 Å². The number of hydrogen-bond donors (Lipinski definition) is 2. The van der Waals surface area contributed by atoms with Crippen LogP contribution in [0.3, 0.4) is 0 Å². The van der Waals surface area contributed by atoms with Gasteiger partial charge in [0, 0.05) is 18.2 Å². The molecule has 0 aromatic heterocycles. The Morgan fingerprint density at radius 2 is 2.27 bits per heavy atom. The predicted molar refractivity (Wildman–Crippen MR) is 81.6 cm³/mol. The van der Waals surface area contributed by atoms with Crippen molar-refractivity contribution in [2.24, 2.45) is 0 Å². The van der Waals surface area contributed by atoms with Gasteiger partial charge in [0.15, 0.2) is 0 Å². The maximum atomic E-state index is 12.9. The standard InChI is InChI=1S/C15H18FNO4S/c16-11-3-1-4-12(9-11)21-7-2-5-13(18)17-15(14(19)20)6-8-22-10-15/h1,3-4,9H,2,5-8,10H2,(H,17,18)(H,19,20). The number of carbonyl (C=O) groups excluding carboxylic acids is 1. The summed E-state index contributed by atoms with van der Waals surface area (Å²) in [4.78, 5) is 23.2. The molecule has 0 bridgehead atoms. The van der Waals surface area contributed by atoms with Crippen LogP contribution in [0.1, 0.15) is 19.3 Å². The van der Waals surface area contributed by atoms with Crippen molar-refractivity contribution in [3.05, 3.63) is 30.1 Å². The molecule has 1 heterocycles. The van der Waals surface area contributed by atoms with Crippen LogP contribution >= 0.6 is 11.8 Å². The summed E-state index contributed by atoms with van der Waals surface area (Å²) in [6.45, 7) is 0.270. The summed E-state index contributed by atoms with van der Waals surface area (Å²) in [5, 5.41) is 11.9. The molecule has 1 atom stereocenters. The maximum absolute atomic E-state index is 12.9. The van der Waals surface area contributed by atoms with Crippen LogP contribution in [0.15, 0.2) is 24.3 Å². The molecular formula is C15H18FNO4S. The van der Waals surface area contributed by atoms with Gasteiger partial charge in [-0.1, -0.05) is 6.07 Å². The average Bonchev–Trinajstić information content (AvgIpc) is 2.93. The van der Waals surface area contributed by atoms with Gasteiger partial charge in [0.1, 0.15) is 17.1 Å². The van der Waals surface area contributed by atoms with Crippen molar-refractivity contribution in [1.82, 2.24) is 5.32 Å². The molecule has 1 unspecified atom stereocenters. The second-order valence-corrected chi connectivity index (χ2v) is 6.25. The Morgan fingerprint density at radius 3 is 2.91 bits per heavy atom. The van der Waals surface area contributed by atoms with Gasteiger partial charge in [-0.3, -0.25) is 4.79 Å². The van der Waals surface area contributed by atoms with Crippen LogP contribution in [0.25, 0.3) is 0 Å². The number of nitrogens with one attached hydrogen (secondary N) is 1. The normalized spacial score (nSPS) is 20.6. The van der Waals surface area contributed by atoms with Gasteiger partial charge in [-0.15, -0.1) is 0 Å². The first kappa shape index (κ1) is 16.6. The topological polar surface area (TPSA) is 75.6 Å². The predicted octanol–water partition coefficient (Wildman–Crippen LogP) is 2.06. The molecule has 5 nitrogen and oxygen atoms in total. The molecule has 1 aliphatic rings. The largest absolute Gasteiger partial charge is 0.493 e. The fraction of sp³-hybridized carbons (Fsp3) is 0.467. The number of ether oxygens (including phenoxy) is 1. The van der Waals surface area contributed by atoms with E-state index in [1.165, 1.54) is 23.9 Å². The van der Waals surface area contributed by atoms with E-state index >= 15 is 0 Å². The highest BCUT2D eigenvalue weighted by Gasteiger charge is 2.43. The second kappa shape index (κ2) is 7.49. The molecule has 1 aromatic carbocycles. The van der Waals surface area contributed by atoms with Crippen LogP contribution < -0.4 is 10.1 Å². The SMILES string of the molecule is O=C(CCCOc1cccc(F)c1)NC1(C(=O)O)CCSC1. The van der Waals surface area contributed by atoms with Crippen molar-refractivity contribution >= 4 is 23.6 Å². The number of amides is 1. The first-order valence-corrected chi connectivity index (χ1v) is 8.18. The zero-order chi connectivity index (χ0) is 16.0. The zero-order valence-electron chi connectivity index (χ0n) is 12.0. The number of rotatable bonds is 7. The van der Waals surface area contributed by atoms with Gasteiger partial charge in [-0.25, -0.2) is 9.18 Å². The minimum Gasteiger partial charge on any atom is -0.493 e. The molecule has 0 spiro atoms. The third kappa shape index (κ3) is 4.37. The quantitative estimate of drug-likeness (QED) is 0.750. The van der Waals surface area contributed by atoms with E-state index in [2.05, 4.69) is 5.32 Å². The van der Waals surface area contributed by atoms with Crippen molar-refractivity contribution in [2.45, 2.75) is 24.8 Å². The molecule has 1 fully saturated rings. The van der Waals surface area contributed by atoms with Crippen LogP contribution in [0.5, 0.6) is 5.75 Å². The molecule has 2 rings (SSSR count). The van der Waals surface area contributed by atoms with Crippen LogP contribution in [0.2, 0.25) is 0 Å². The zero-order valence-corrected chi connectivity index (χ0v) is 12.8. The average molecular weight is 327 g/mol. The molecule has 0 saturated carbocycles. The number of carboxylic acids is 1. The number of carboxylic acid groups (broad SMARTS) is 1. The van der Waals surface area contributed by atoms with Crippen molar-refractivity contribution in [2.75, 3.05) is 18.1 Å². The smallest absolute Gasteiger partial charge is 0.330 e. The fourth-order valence-corrected chi connectivity index (χ4v) is 3.52. The molecule has 22 heavy (non-hydrogen) atoms. The van der Waals surface area contributed by atoms with E-state index in [-0.39, 0.29) is 24.8 Å². The minimum absolute atomic E-state index is 0.176. The lowest BCUT2D eigenvalue weighted by Gasteiger charge is -2.24. The fourth-order valence-electron chi connectivity index (χ4n) is 2.19. The van der Waals surface area contributed by atoms with E-state index in [1.807, 2.05) is 0 Å². The Bertz CT molecular complexity index is 546. The lowest BCUT2D eigenvalue weighted by Crippen LogP contribution is -2.54. The molecule has 1 saturated heterocycles. The number of hydrogen-bond acceptors (Lipinski definition) is 4. The van der Waals surface area contributed by atoms with Crippen LogP contribution in [0.4, 0.5) is 4.39 Å². The number of thioether (sulfide) groups is 1. The van der Waals surface area contributed by atoms with E-state index < -0.39 is 11.5 Å². The molecule has 1 aliphatic heterocycles. The van der Waals surface area contributed by atoms with E-state index in [0.717, 1.165) is 5.75 Å². The van der Waals surface area contributed by atoms with Gasteiger partial charge in [0.25, 0.3) is 0 Å². The number of carbonyl (C=O) groups is 2. The lowest BCUT2D eigenvalue weighted by molar-refractivity contribution is -0.146. The van der Waals surface area contributed by atoms with Crippen LogP contribution in [-0.2, 0) is 9.59 Å². The van der Waals surface area contributed by atoms with Crippen molar-refractivity contribution in [3.63, 3.8) is 0 Å². The summed E-state index contributed by atoms with van der Waals surface area (Å²) in [7, 11) is 0. The van der Waals surface area contributed by atoms with Crippen LogP contribution in [-0.4, -0.2) is 40.6 Å². The second-order valence-electron chi connectivity index (χ2n) is 5.15. The Morgan fingerprint density at radius 1 is 1.45 bits per heavy atom. The Balaban J connectivity index is 1.72. The highest BCUT2D eigenvalue weighted by molar-refractivity contribution is 7.99. The van der Waals surface area contributed by atoms with Crippen molar-refractivity contribution in [3.8, 4) is 5.75 Å². The first-order chi connectivity index (χ1) is 10.5. The van der Waals surface area contributed by atoms with Crippen molar-refractivity contribution < 1.29 is 23.8 Å². The van der Waals surface area contributed by atoms with Gasteiger partial charge in [0.05, 0.1) is 6.61 Å². The summed E-state index contributed by atoms with van der Waals surface area (Å²) in [6.07, 6.45) is 1.05. The summed E-state index contributed by atoms with van der Waals surface area (Å²) in [5.74, 6) is -0.120. The van der Waals surface area contributed by atoms with Crippen molar-refractivity contribution in [1.29, 1.82) is 0 Å². The molecule has 1 aromatic rings. The Kier molecular flexibility index (Phi) is 5.65. The maximum Gasteiger partial charge on any atom is 0.330 e. The summed E-state index contributed by atoms with van der Waals surface area (Å²) >= 11 is 1.52. The van der Waals surface area contributed by atoms with Gasteiger partial charge in [0.2, 0.25) is 5.91 Å². The molecule has 1 amide bonds. The van der Waals surface area contributed by atoms with E-state index in [4.69, 9.17) is 4.74 Å². The minimum atomic E-state index is -1.13. The van der Waals surface area contributed by atoms with Crippen LogP contribution in [0, 0.1) is 5.82 Å². The van der Waals surface area contributed by atoms with Gasteiger partial charge in [-0.2, -0.15) is 11.8 Å². The molecule has 7 heteroatoms. The molecule has 0 aliphatic carbocycles. The monoisotopic (exact) mass is 327 g/mol.